The molecule has 1 aromatic rings. The number of hydrogen-bond donors (Lipinski definition) is 1. The van der Waals surface area contributed by atoms with Gasteiger partial charge in [-0.25, -0.2) is 0 Å². The summed E-state index contributed by atoms with van der Waals surface area (Å²) in [5, 5.41) is 9.32. The Kier molecular flexibility index (Phi) is 4.18. The van der Waals surface area contributed by atoms with Crippen molar-refractivity contribution in [3.8, 4) is 6.07 Å². The van der Waals surface area contributed by atoms with E-state index in [-0.39, 0.29) is 5.78 Å². The Hall–Kier alpha value is -0.790. The SMILES string of the molecule is N#Cc1cc(S)cc(C(=O)CCBr)c1. The standard InChI is InChI=1S/C10H8BrNOS/c11-2-1-10(13)8-3-7(6-12)4-9(14)5-8/h3-5,14H,1-2H2. The lowest BCUT2D eigenvalue weighted by Crippen LogP contribution is -2.00. The Morgan fingerprint density at radius 2 is 2.21 bits per heavy atom. The molecule has 14 heavy (non-hydrogen) atoms. The van der Waals surface area contributed by atoms with Crippen LogP contribution < -0.4 is 0 Å². The second-order valence-electron chi connectivity index (χ2n) is 2.74. The van der Waals surface area contributed by atoms with Gasteiger partial charge < -0.3 is 0 Å². The molecule has 0 atom stereocenters. The molecule has 0 aliphatic rings. The van der Waals surface area contributed by atoms with Gasteiger partial charge in [-0.15, -0.1) is 12.6 Å². The van der Waals surface area contributed by atoms with Crippen molar-refractivity contribution in [2.75, 3.05) is 5.33 Å². The Morgan fingerprint density at radius 3 is 2.79 bits per heavy atom. The van der Waals surface area contributed by atoms with Gasteiger partial charge in [0.25, 0.3) is 0 Å². The number of rotatable bonds is 3. The lowest BCUT2D eigenvalue weighted by molar-refractivity contribution is 0.0989. The van der Waals surface area contributed by atoms with Crippen LogP contribution in [0.3, 0.4) is 0 Å². The molecule has 1 aromatic carbocycles. The van der Waals surface area contributed by atoms with E-state index < -0.39 is 0 Å². The van der Waals surface area contributed by atoms with Gasteiger partial charge in [-0.2, -0.15) is 5.26 Å². The Morgan fingerprint density at radius 1 is 1.50 bits per heavy atom. The highest BCUT2D eigenvalue weighted by Gasteiger charge is 2.06. The minimum Gasteiger partial charge on any atom is -0.294 e. The summed E-state index contributed by atoms with van der Waals surface area (Å²) in [5.41, 5.74) is 1.02. The zero-order valence-electron chi connectivity index (χ0n) is 7.33. The normalized spacial score (nSPS) is 9.50. The number of carbonyl (C=O) groups excluding carboxylic acids is 1. The van der Waals surface area contributed by atoms with Crippen molar-refractivity contribution in [3.63, 3.8) is 0 Å². The number of thiol groups is 1. The van der Waals surface area contributed by atoms with Gasteiger partial charge in [0.1, 0.15) is 0 Å². The molecule has 0 aliphatic carbocycles. The van der Waals surface area contributed by atoms with Crippen LogP contribution in [0.1, 0.15) is 22.3 Å². The number of benzene rings is 1. The van der Waals surface area contributed by atoms with Crippen molar-refractivity contribution >= 4 is 34.3 Å². The third-order valence-electron chi connectivity index (χ3n) is 1.69. The van der Waals surface area contributed by atoms with Crippen LogP contribution in [-0.4, -0.2) is 11.1 Å². The molecule has 0 unspecified atom stereocenters. The summed E-state index contributed by atoms with van der Waals surface area (Å²) in [6.07, 6.45) is 0.433. The molecular weight excluding hydrogens is 262 g/mol. The molecule has 0 spiro atoms. The first-order valence-electron chi connectivity index (χ1n) is 4.00. The monoisotopic (exact) mass is 269 g/mol. The largest absolute Gasteiger partial charge is 0.294 e. The van der Waals surface area contributed by atoms with E-state index in [9.17, 15) is 4.79 Å². The number of nitrogens with zero attached hydrogens (tertiary/aromatic N) is 1. The van der Waals surface area contributed by atoms with Crippen molar-refractivity contribution in [3.05, 3.63) is 29.3 Å². The quantitative estimate of drug-likeness (QED) is 0.521. The zero-order chi connectivity index (χ0) is 10.6. The first kappa shape index (κ1) is 11.3. The molecule has 0 heterocycles. The van der Waals surface area contributed by atoms with Gasteiger partial charge in [-0.1, -0.05) is 15.9 Å². The summed E-state index contributed by atoms with van der Waals surface area (Å²) < 4.78 is 0. The van der Waals surface area contributed by atoms with E-state index in [0.29, 0.717) is 27.8 Å². The second kappa shape index (κ2) is 5.18. The molecule has 0 radical (unpaired) electrons. The molecule has 0 amide bonds. The highest BCUT2D eigenvalue weighted by atomic mass is 79.9. The molecule has 72 valence electrons. The summed E-state index contributed by atoms with van der Waals surface area (Å²) in [7, 11) is 0. The van der Waals surface area contributed by atoms with Crippen molar-refractivity contribution < 1.29 is 4.79 Å². The Labute approximate surface area is 96.5 Å². The van der Waals surface area contributed by atoms with E-state index in [1.54, 1.807) is 18.2 Å². The molecule has 0 saturated carbocycles. The highest BCUT2D eigenvalue weighted by Crippen LogP contribution is 2.14. The summed E-state index contributed by atoms with van der Waals surface area (Å²) in [6, 6.07) is 6.89. The molecule has 0 N–H and O–H groups in total. The number of nitriles is 1. The summed E-state index contributed by atoms with van der Waals surface area (Å²) >= 11 is 7.32. The maximum Gasteiger partial charge on any atom is 0.163 e. The molecular formula is C10H8BrNOS. The molecule has 0 bridgehead atoms. The Bertz CT molecular complexity index is 398. The smallest absolute Gasteiger partial charge is 0.163 e. The van der Waals surface area contributed by atoms with Crippen molar-refractivity contribution in [2.45, 2.75) is 11.3 Å². The van der Waals surface area contributed by atoms with Crippen LogP contribution in [0.2, 0.25) is 0 Å². The first-order chi connectivity index (χ1) is 6.67. The fourth-order valence-corrected chi connectivity index (χ4v) is 1.71. The summed E-state index contributed by atoms with van der Waals surface area (Å²) in [5.74, 6) is 0.0225. The van der Waals surface area contributed by atoms with Crippen LogP contribution >= 0.6 is 28.6 Å². The predicted molar refractivity (Wildman–Crippen MR) is 61.2 cm³/mol. The second-order valence-corrected chi connectivity index (χ2v) is 4.05. The van der Waals surface area contributed by atoms with Crippen LogP contribution in [0, 0.1) is 11.3 Å². The van der Waals surface area contributed by atoms with Crippen LogP contribution in [0.25, 0.3) is 0 Å². The van der Waals surface area contributed by atoms with Crippen molar-refractivity contribution in [1.82, 2.24) is 0 Å². The topological polar surface area (TPSA) is 40.9 Å². The minimum absolute atomic E-state index is 0.0225. The van der Waals surface area contributed by atoms with Gasteiger partial charge in [0.15, 0.2) is 5.78 Å². The summed E-state index contributed by atoms with van der Waals surface area (Å²) in [6.45, 7) is 0. The maximum absolute atomic E-state index is 11.5. The predicted octanol–water partition coefficient (Wildman–Crippen LogP) is 2.81. The van der Waals surface area contributed by atoms with Crippen molar-refractivity contribution in [1.29, 1.82) is 5.26 Å². The Balaban J connectivity index is 3.04. The third kappa shape index (κ3) is 2.86. The van der Waals surface area contributed by atoms with Crippen LogP contribution in [-0.2, 0) is 0 Å². The van der Waals surface area contributed by atoms with E-state index in [4.69, 9.17) is 5.26 Å². The van der Waals surface area contributed by atoms with E-state index >= 15 is 0 Å². The molecule has 2 nitrogen and oxygen atoms in total. The van der Waals surface area contributed by atoms with Gasteiger partial charge >= 0.3 is 0 Å². The fraction of sp³-hybridized carbons (Fsp3) is 0.200. The van der Waals surface area contributed by atoms with E-state index in [1.165, 1.54) is 0 Å². The van der Waals surface area contributed by atoms with Crippen LogP contribution in [0.5, 0.6) is 0 Å². The van der Waals surface area contributed by atoms with E-state index in [2.05, 4.69) is 28.6 Å². The van der Waals surface area contributed by atoms with Crippen molar-refractivity contribution in [2.24, 2.45) is 0 Å². The van der Waals surface area contributed by atoms with E-state index in [1.807, 2.05) is 6.07 Å². The molecule has 1 rings (SSSR count). The molecule has 0 saturated heterocycles. The van der Waals surface area contributed by atoms with Gasteiger partial charge in [0, 0.05) is 22.2 Å². The van der Waals surface area contributed by atoms with E-state index in [0.717, 1.165) is 0 Å². The number of halogens is 1. The lowest BCUT2D eigenvalue weighted by atomic mass is 10.1. The van der Waals surface area contributed by atoms with Gasteiger partial charge in [-0.05, 0) is 18.2 Å². The molecule has 0 aromatic heterocycles. The van der Waals surface area contributed by atoms with Gasteiger partial charge in [0.2, 0.25) is 0 Å². The third-order valence-corrected chi connectivity index (χ3v) is 2.35. The fourth-order valence-electron chi connectivity index (χ4n) is 1.07. The maximum atomic E-state index is 11.5. The highest BCUT2D eigenvalue weighted by molar-refractivity contribution is 9.09. The number of hydrogen-bond acceptors (Lipinski definition) is 3. The molecule has 0 fully saturated rings. The number of ketones is 1. The first-order valence-corrected chi connectivity index (χ1v) is 5.57. The number of alkyl halides is 1. The van der Waals surface area contributed by atoms with Gasteiger partial charge in [0.05, 0.1) is 11.6 Å². The van der Waals surface area contributed by atoms with Crippen LogP contribution in [0.4, 0.5) is 0 Å². The van der Waals surface area contributed by atoms with Gasteiger partial charge in [-0.3, -0.25) is 4.79 Å². The summed E-state index contributed by atoms with van der Waals surface area (Å²) in [4.78, 5) is 12.1. The lowest BCUT2D eigenvalue weighted by Gasteiger charge is -2.00. The zero-order valence-corrected chi connectivity index (χ0v) is 9.81. The number of carbonyl (C=O) groups is 1. The van der Waals surface area contributed by atoms with Crippen LogP contribution in [0.15, 0.2) is 23.1 Å². The molecule has 0 aliphatic heterocycles. The average molecular weight is 270 g/mol. The molecule has 4 heteroatoms. The average Bonchev–Trinajstić information content (AvgIpc) is 2.17. The number of Topliss-reactive ketones (excluding diaryl/α,β-unsaturated/α-hetero) is 1. The minimum atomic E-state index is 0.0225.